The summed E-state index contributed by atoms with van der Waals surface area (Å²) in [5.74, 6) is 0. The van der Waals surface area contributed by atoms with Crippen LogP contribution in [0.4, 0.5) is 5.69 Å². The van der Waals surface area contributed by atoms with Crippen LogP contribution in [0.25, 0.3) is 0 Å². The first-order chi connectivity index (χ1) is 9.81. The van der Waals surface area contributed by atoms with E-state index in [1.54, 1.807) is 24.0 Å². The molecule has 0 radical (unpaired) electrons. The maximum atomic E-state index is 4.25. The van der Waals surface area contributed by atoms with Gasteiger partial charge in [0.15, 0.2) is 0 Å². The zero-order valence-electron chi connectivity index (χ0n) is 11.2. The van der Waals surface area contributed by atoms with Crippen molar-refractivity contribution < 1.29 is 0 Å². The van der Waals surface area contributed by atoms with Gasteiger partial charge in [-0.1, -0.05) is 12.1 Å². The Kier molecular flexibility index (Phi) is 3.73. The molecule has 3 aromatic rings. The fraction of sp³-hybridized carbons (Fsp3) is 0.214. The number of hydrogen-bond acceptors (Lipinski definition) is 5. The maximum Gasteiger partial charge on any atom is 0.137 e. The van der Waals surface area contributed by atoms with Gasteiger partial charge in [-0.15, -0.1) is 11.3 Å². The van der Waals surface area contributed by atoms with E-state index in [0.717, 1.165) is 24.5 Å². The Morgan fingerprint density at radius 1 is 1.25 bits per heavy atom. The van der Waals surface area contributed by atoms with Crippen LogP contribution in [0.5, 0.6) is 0 Å². The van der Waals surface area contributed by atoms with Gasteiger partial charge in [0.25, 0.3) is 0 Å². The minimum atomic E-state index is 0.744. The van der Waals surface area contributed by atoms with Gasteiger partial charge in [-0.2, -0.15) is 5.10 Å². The summed E-state index contributed by atoms with van der Waals surface area (Å²) < 4.78 is 1.81. The predicted octanol–water partition coefficient (Wildman–Crippen LogP) is 2.70. The number of aryl methyl sites for hydroxylation is 1. The monoisotopic (exact) mass is 285 g/mol. The first-order valence-electron chi connectivity index (χ1n) is 6.35. The SMILES string of the molecule is Cc1ncsc1CNc1ccc(Cn2cncn2)cc1. The lowest BCUT2D eigenvalue weighted by Gasteiger charge is -2.07. The number of thiazole rings is 1. The van der Waals surface area contributed by atoms with E-state index in [9.17, 15) is 0 Å². The summed E-state index contributed by atoms with van der Waals surface area (Å²) in [6.45, 7) is 3.60. The van der Waals surface area contributed by atoms with Crippen LogP contribution in [0.1, 0.15) is 16.1 Å². The molecule has 2 heterocycles. The average Bonchev–Trinajstić information content (AvgIpc) is 3.10. The van der Waals surface area contributed by atoms with Gasteiger partial charge >= 0.3 is 0 Å². The lowest BCUT2D eigenvalue weighted by Crippen LogP contribution is -2.01. The minimum Gasteiger partial charge on any atom is -0.380 e. The molecule has 1 N–H and O–H groups in total. The van der Waals surface area contributed by atoms with Gasteiger partial charge in [-0.3, -0.25) is 0 Å². The quantitative estimate of drug-likeness (QED) is 0.783. The number of nitrogens with zero attached hydrogens (tertiary/aromatic N) is 4. The Labute approximate surface area is 121 Å². The third-order valence-corrected chi connectivity index (χ3v) is 4.00. The second-order valence-corrected chi connectivity index (χ2v) is 5.44. The standard InChI is InChI=1S/C14H15N5S/c1-11-14(20-10-17-11)6-16-13-4-2-12(3-5-13)7-19-9-15-8-18-19/h2-5,8-10,16H,6-7H2,1H3. The highest BCUT2D eigenvalue weighted by Crippen LogP contribution is 2.16. The molecule has 0 spiro atoms. The second-order valence-electron chi connectivity index (χ2n) is 4.50. The maximum absolute atomic E-state index is 4.25. The summed E-state index contributed by atoms with van der Waals surface area (Å²) in [5, 5.41) is 7.51. The van der Waals surface area contributed by atoms with Crippen LogP contribution in [0, 0.1) is 6.92 Å². The largest absolute Gasteiger partial charge is 0.380 e. The number of nitrogens with one attached hydrogen (secondary N) is 1. The molecule has 0 atom stereocenters. The van der Waals surface area contributed by atoms with Crippen LogP contribution in [0.3, 0.4) is 0 Å². The van der Waals surface area contributed by atoms with Gasteiger partial charge in [0.2, 0.25) is 0 Å². The van der Waals surface area contributed by atoms with Gasteiger partial charge in [0.05, 0.1) is 24.3 Å². The van der Waals surface area contributed by atoms with Crippen molar-refractivity contribution in [1.29, 1.82) is 0 Å². The predicted molar refractivity (Wildman–Crippen MR) is 79.7 cm³/mol. The second kappa shape index (κ2) is 5.83. The molecule has 3 rings (SSSR count). The summed E-state index contributed by atoms with van der Waals surface area (Å²) >= 11 is 1.68. The van der Waals surface area contributed by atoms with Crippen LogP contribution in [0.2, 0.25) is 0 Å². The number of aromatic nitrogens is 4. The van der Waals surface area contributed by atoms with E-state index in [-0.39, 0.29) is 0 Å². The van der Waals surface area contributed by atoms with Crippen molar-refractivity contribution in [2.75, 3.05) is 5.32 Å². The molecule has 0 saturated carbocycles. The topological polar surface area (TPSA) is 55.6 Å². The molecule has 0 aliphatic heterocycles. The summed E-state index contributed by atoms with van der Waals surface area (Å²) in [7, 11) is 0. The van der Waals surface area contributed by atoms with Gasteiger partial charge < -0.3 is 5.32 Å². The van der Waals surface area contributed by atoms with Crippen molar-refractivity contribution >= 4 is 17.0 Å². The minimum absolute atomic E-state index is 0.744. The Morgan fingerprint density at radius 3 is 2.75 bits per heavy atom. The van der Waals surface area contributed by atoms with Crippen LogP contribution < -0.4 is 5.32 Å². The number of anilines is 1. The zero-order valence-corrected chi connectivity index (χ0v) is 12.0. The van der Waals surface area contributed by atoms with E-state index in [0.29, 0.717) is 0 Å². The van der Waals surface area contributed by atoms with Crippen LogP contribution in [0.15, 0.2) is 42.4 Å². The van der Waals surface area contributed by atoms with Crippen molar-refractivity contribution in [1.82, 2.24) is 19.7 Å². The Hall–Kier alpha value is -2.21. The molecule has 0 saturated heterocycles. The highest BCUT2D eigenvalue weighted by Gasteiger charge is 2.01. The fourth-order valence-corrected chi connectivity index (χ4v) is 2.62. The molecule has 1 aromatic carbocycles. The van der Waals surface area contributed by atoms with Crippen LogP contribution in [-0.4, -0.2) is 19.7 Å². The third-order valence-electron chi connectivity index (χ3n) is 3.06. The lowest BCUT2D eigenvalue weighted by atomic mass is 10.2. The molecule has 2 aromatic heterocycles. The number of rotatable bonds is 5. The van der Waals surface area contributed by atoms with Crippen molar-refractivity contribution in [2.45, 2.75) is 20.0 Å². The molecule has 0 bridgehead atoms. The molecule has 0 aliphatic rings. The number of benzene rings is 1. The van der Waals surface area contributed by atoms with Crippen molar-refractivity contribution in [3.8, 4) is 0 Å². The van der Waals surface area contributed by atoms with Crippen molar-refractivity contribution in [2.24, 2.45) is 0 Å². The number of hydrogen-bond donors (Lipinski definition) is 1. The summed E-state index contributed by atoms with van der Waals surface area (Å²) in [4.78, 5) is 9.46. The molecule has 6 heteroatoms. The fourth-order valence-electron chi connectivity index (χ4n) is 1.91. The van der Waals surface area contributed by atoms with E-state index in [2.05, 4.69) is 44.6 Å². The molecular formula is C14H15N5S. The van der Waals surface area contributed by atoms with E-state index in [1.165, 1.54) is 10.4 Å². The molecule has 20 heavy (non-hydrogen) atoms. The van der Waals surface area contributed by atoms with Crippen molar-refractivity contribution in [3.63, 3.8) is 0 Å². The summed E-state index contributed by atoms with van der Waals surface area (Å²) in [5.41, 5.74) is 5.30. The summed E-state index contributed by atoms with van der Waals surface area (Å²) in [6, 6.07) is 8.37. The molecule has 0 fully saturated rings. The van der Waals surface area contributed by atoms with Crippen molar-refractivity contribution in [3.05, 3.63) is 58.6 Å². The Balaban J connectivity index is 1.60. The molecule has 0 unspecified atom stereocenters. The Morgan fingerprint density at radius 2 is 2.10 bits per heavy atom. The van der Waals surface area contributed by atoms with Gasteiger partial charge in [-0.05, 0) is 24.6 Å². The zero-order chi connectivity index (χ0) is 13.8. The average molecular weight is 285 g/mol. The molecule has 0 amide bonds. The van der Waals surface area contributed by atoms with E-state index < -0.39 is 0 Å². The Bertz CT molecular complexity index is 657. The first kappa shape index (κ1) is 12.8. The molecule has 102 valence electrons. The smallest absolute Gasteiger partial charge is 0.137 e. The van der Waals surface area contributed by atoms with E-state index >= 15 is 0 Å². The van der Waals surface area contributed by atoms with Crippen LogP contribution in [-0.2, 0) is 13.1 Å². The third kappa shape index (κ3) is 3.03. The normalized spacial score (nSPS) is 10.7. The molecule has 0 aliphatic carbocycles. The first-order valence-corrected chi connectivity index (χ1v) is 7.23. The van der Waals surface area contributed by atoms with Crippen LogP contribution >= 0.6 is 11.3 Å². The molecule has 5 nitrogen and oxygen atoms in total. The van der Waals surface area contributed by atoms with Gasteiger partial charge in [0, 0.05) is 10.6 Å². The lowest BCUT2D eigenvalue weighted by molar-refractivity contribution is 0.685. The van der Waals surface area contributed by atoms with E-state index in [1.807, 2.05) is 17.1 Å². The highest BCUT2D eigenvalue weighted by atomic mass is 32.1. The van der Waals surface area contributed by atoms with Gasteiger partial charge in [-0.25, -0.2) is 14.6 Å². The molecular weight excluding hydrogens is 270 g/mol. The summed E-state index contributed by atoms with van der Waals surface area (Å²) in [6.07, 6.45) is 3.27. The van der Waals surface area contributed by atoms with E-state index in [4.69, 9.17) is 0 Å². The van der Waals surface area contributed by atoms with Gasteiger partial charge in [0.1, 0.15) is 12.7 Å². The highest BCUT2D eigenvalue weighted by molar-refractivity contribution is 7.09.